The number of hydrogen-bond acceptors (Lipinski definition) is 2. The number of nitriles is 1. The van der Waals surface area contributed by atoms with Gasteiger partial charge in [-0.05, 0) is 29.8 Å². The smallest absolute Gasteiger partial charge is 0.124 e. The maximum Gasteiger partial charge on any atom is 0.124 e. The fraction of sp³-hybridized carbons (Fsp3) is 0.133. The van der Waals surface area contributed by atoms with Crippen molar-refractivity contribution in [1.29, 1.82) is 5.26 Å². The highest BCUT2D eigenvalue weighted by molar-refractivity contribution is 9.10. The van der Waals surface area contributed by atoms with Crippen molar-refractivity contribution in [3.8, 4) is 6.07 Å². The van der Waals surface area contributed by atoms with E-state index in [2.05, 4.69) is 22.0 Å². The van der Waals surface area contributed by atoms with Gasteiger partial charge in [-0.25, -0.2) is 4.39 Å². The zero-order valence-corrected chi connectivity index (χ0v) is 12.0. The summed E-state index contributed by atoms with van der Waals surface area (Å²) in [4.78, 5) is 1.97. The first-order valence-electron chi connectivity index (χ1n) is 5.76. The van der Waals surface area contributed by atoms with Crippen molar-refractivity contribution in [3.63, 3.8) is 0 Å². The fourth-order valence-electron chi connectivity index (χ4n) is 1.89. The summed E-state index contributed by atoms with van der Waals surface area (Å²) in [5.41, 5.74) is 2.46. The lowest BCUT2D eigenvalue weighted by Gasteiger charge is -2.21. The molecule has 0 saturated heterocycles. The first-order valence-corrected chi connectivity index (χ1v) is 6.55. The van der Waals surface area contributed by atoms with Crippen LogP contribution in [0.4, 0.5) is 10.1 Å². The highest BCUT2D eigenvalue weighted by Crippen LogP contribution is 2.24. The highest BCUT2D eigenvalue weighted by Gasteiger charge is 2.09. The van der Waals surface area contributed by atoms with E-state index in [1.165, 1.54) is 12.1 Å². The molecule has 96 valence electrons. The van der Waals surface area contributed by atoms with Crippen molar-refractivity contribution in [2.45, 2.75) is 6.54 Å². The summed E-state index contributed by atoms with van der Waals surface area (Å²) in [5, 5.41) is 9.09. The van der Waals surface area contributed by atoms with E-state index in [0.717, 1.165) is 15.7 Å². The standard InChI is InChI=1S/C15H12BrFN2/c1-19(15-5-3-2-4-11(15)9-18)10-12-6-7-13(17)8-14(12)16/h2-8H,10H2,1H3. The van der Waals surface area contributed by atoms with Crippen molar-refractivity contribution < 1.29 is 4.39 Å². The van der Waals surface area contributed by atoms with E-state index < -0.39 is 0 Å². The quantitative estimate of drug-likeness (QED) is 0.852. The van der Waals surface area contributed by atoms with Crippen LogP contribution in [0.25, 0.3) is 0 Å². The van der Waals surface area contributed by atoms with Gasteiger partial charge in [0.1, 0.15) is 11.9 Å². The van der Waals surface area contributed by atoms with Crippen molar-refractivity contribution in [1.82, 2.24) is 0 Å². The van der Waals surface area contributed by atoms with Gasteiger partial charge in [-0.3, -0.25) is 0 Å². The van der Waals surface area contributed by atoms with Gasteiger partial charge in [0.15, 0.2) is 0 Å². The van der Waals surface area contributed by atoms with Crippen LogP contribution in [-0.2, 0) is 6.54 Å². The Morgan fingerprint density at radius 1 is 1.26 bits per heavy atom. The summed E-state index contributed by atoms with van der Waals surface area (Å²) in [5.74, 6) is -0.268. The monoisotopic (exact) mass is 318 g/mol. The predicted octanol–water partition coefficient (Wildman–Crippen LogP) is 4.10. The van der Waals surface area contributed by atoms with Gasteiger partial charge in [-0.2, -0.15) is 5.26 Å². The summed E-state index contributed by atoms with van der Waals surface area (Å²) in [7, 11) is 1.91. The molecule has 0 unspecified atom stereocenters. The van der Waals surface area contributed by atoms with E-state index in [-0.39, 0.29) is 5.82 Å². The van der Waals surface area contributed by atoms with Gasteiger partial charge in [-0.1, -0.05) is 34.1 Å². The molecular weight excluding hydrogens is 307 g/mol. The first-order chi connectivity index (χ1) is 9.11. The largest absolute Gasteiger partial charge is 0.369 e. The molecule has 2 aromatic rings. The van der Waals surface area contributed by atoms with E-state index in [4.69, 9.17) is 5.26 Å². The molecule has 0 bridgehead atoms. The molecule has 0 heterocycles. The normalized spacial score (nSPS) is 10.0. The van der Waals surface area contributed by atoms with Gasteiger partial charge in [0.25, 0.3) is 0 Å². The molecule has 19 heavy (non-hydrogen) atoms. The molecule has 0 amide bonds. The van der Waals surface area contributed by atoms with E-state index >= 15 is 0 Å². The van der Waals surface area contributed by atoms with E-state index in [9.17, 15) is 4.39 Å². The molecule has 4 heteroatoms. The topological polar surface area (TPSA) is 27.0 Å². The Morgan fingerprint density at radius 2 is 2.00 bits per heavy atom. The number of anilines is 1. The predicted molar refractivity (Wildman–Crippen MR) is 77.4 cm³/mol. The number of halogens is 2. The third-order valence-corrected chi connectivity index (χ3v) is 3.60. The number of benzene rings is 2. The van der Waals surface area contributed by atoms with Crippen molar-refractivity contribution in [2.24, 2.45) is 0 Å². The molecule has 0 N–H and O–H groups in total. The van der Waals surface area contributed by atoms with Gasteiger partial charge < -0.3 is 4.90 Å². The molecule has 0 aliphatic heterocycles. The lowest BCUT2D eigenvalue weighted by atomic mass is 10.1. The van der Waals surface area contributed by atoms with Crippen LogP contribution in [0.2, 0.25) is 0 Å². The van der Waals surface area contributed by atoms with E-state index in [0.29, 0.717) is 12.1 Å². The molecule has 0 fully saturated rings. The highest BCUT2D eigenvalue weighted by atomic mass is 79.9. The molecule has 0 aliphatic rings. The Bertz CT molecular complexity index is 634. The number of hydrogen-bond donors (Lipinski definition) is 0. The minimum Gasteiger partial charge on any atom is -0.369 e. The number of rotatable bonds is 3. The minimum atomic E-state index is -0.268. The first kappa shape index (κ1) is 13.6. The zero-order chi connectivity index (χ0) is 13.8. The molecule has 0 aliphatic carbocycles. The second-order valence-electron chi connectivity index (χ2n) is 4.22. The minimum absolute atomic E-state index is 0.268. The Balaban J connectivity index is 2.26. The Kier molecular flexibility index (Phi) is 4.18. The average molecular weight is 319 g/mol. The third-order valence-electron chi connectivity index (χ3n) is 2.86. The van der Waals surface area contributed by atoms with Crippen molar-refractivity contribution in [2.75, 3.05) is 11.9 Å². The second-order valence-corrected chi connectivity index (χ2v) is 5.08. The van der Waals surface area contributed by atoms with Crippen molar-refractivity contribution >= 4 is 21.6 Å². The van der Waals surface area contributed by atoms with E-state index in [1.54, 1.807) is 12.1 Å². The van der Waals surface area contributed by atoms with Gasteiger partial charge >= 0.3 is 0 Å². The van der Waals surface area contributed by atoms with Crippen LogP contribution in [0.1, 0.15) is 11.1 Å². The van der Waals surface area contributed by atoms with Crippen LogP contribution in [0.3, 0.4) is 0 Å². The average Bonchev–Trinajstić information content (AvgIpc) is 2.41. The van der Waals surface area contributed by atoms with Gasteiger partial charge in [0.05, 0.1) is 11.3 Å². The Labute approximate surface area is 120 Å². The van der Waals surface area contributed by atoms with Crippen molar-refractivity contribution in [3.05, 3.63) is 63.9 Å². The zero-order valence-electron chi connectivity index (χ0n) is 10.4. The van der Waals surface area contributed by atoms with Gasteiger partial charge in [-0.15, -0.1) is 0 Å². The van der Waals surface area contributed by atoms with Crippen LogP contribution in [-0.4, -0.2) is 7.05 Å². The van der Waals surface area contributed by atoms with Crippen LogP contribution in [0.5, 0.6) is 0 Å². The number of para-hydroxylation sites is 1. The van der Waals surface area contributed by atoms with Crippen LogP contribution < -0.4 is 4.90 Å². The molecule has 0 saturated carbocycles. The maximum absolute atomic E-state index is 13.0. The molecule has 0 atom stereocenters. The van der Waals surface area contributed by atoms with Crippen LogP contribution >= 0.6 is 15.9 Å². The summed E-state index contributed by atoms with van der Waals surface area (Å²) < 4.78 is 13.8. The molecule has 0 aromatic heterocycles. The Hall–Kier alpha value is -1.86. The Morgan fingerprint density at radius 3 is 2.68 bits per heavy atom. The SMILES string of the molecule is CN(Cc1ccc(F)cc1Br)c1ccccc1C#N. The molecular formula is C15H12BrFN2. The van der Waals surface area contributed by atoms with E-state index in [1.807, 2.05) is 30.1 Å². The van der Waals surface area contributed by atoms with Crippen LogP contribution in [0, 0.1) is 17.1 Å². The maximum atomic E-state index is 13.0. The van der Waals surface area contributed by atoms with Gasteiger partial charge in [0.2, 0.25) is 0 Å². The molecule has 0 spiro atoms. The third kappa shape index (κ3) is 3.12. The summed E-state index contributed by atoms with van der Waals surface area (Å²) in [6, 6.07) is 14.2. The summed E-state index contributed by atoms with van der Waals surface area (Å²) >= 11 is 3.35. The summed E-state index contributed by atoms with van der Waals surface area (Å²) in [6.07, 6.45) is 0. The summed E-state index contributed by atoms with van der Waals surface area (Å²) in [6.45, 7) is 0.597. The molecule has 0 radical (unpaired) electrons. The van der Waals surface area contributed by atoms with Gasteiger partial charge in [0, 0.05) is 18.1 Å². The molecule has 2 nitrogen and oxygen atoms in total. The van der Waals surface area contributed by atoms with Crippen LogP contribution in [0.15, 0.2) is 46.9 Å². The number of nitrogens with zero attached hydrogens (tertiary/aromatic N) is 2. The second kappa shape index (κ2) is 5.85. The molecule has 2 aromatic carbocycles. The fourth-order valence-corrected chi connectivity index (χ4v) is 2.37. The lowest BCUT2D eigenvalue weighted by Crippen LogP contribution is -2.17. The lowest BCUT2D eigenvalue weighted by molar-refractivity contribution is 0.625. The molecule has 2 rings (SSSR count).